The predicted molar refractivity (Wildman–Crippen MR) is 96.5 cm³/mol. The van der Waals surface area contributed by atoms with Crippen LogP contribution in [0.2, 0.25) is 0 Å². The van der Waals surface area contributed by atoms with Crippen LogP contribution in [0.4, 0.5) is 0 Å². The molecule has 126 valence electrons. The highest BCUT2D eigenvalue weighted by molar-refractivity contribution is 5.56. The summed E-state index contributed by atoms with van der Waals surface area (Å²) >= 11 is 0. The number of fused-ring (bicyclic) bond motifs is 1. The van der Waals surface area contributed by atoms with Gasteiger partial charge in [0, 0.05) is 18.4 Å². The second-order valence-electron chi connectivity index (χ2n) is 6.33. The van der Waals surface area contributed by atoms with E-state index < -0.39 is 0 Å². The molecule has 0 aliphatic carbocycles. The van der Waals surface area contributed by atoms with E-state index in [-0.39, 0.29) is 0 Å². The predicted octanol–water partition coefficient (Wildman–Crippen LogP) is 3.27. The molecule has 6 nitrogen and oxygen atoms in total. The molecule has 0 radical (unpaired) electrons. The van der Waals surface area contributed by atoms with Gasteiger partial charge in [0.05, 0.1) is 11.4 Å². The van der Waals surface area contributed by atoms with E-state index in [0.717, 1.165) is 46.6 Å². The van der Waals surface area contributed by atoms with Crippen LogP contribution < -0.4 is 0 Å². The Hall–Kier alpha value is -3.02. The highest BCUT2D eigenvalue weighted by Crippen LogP contribution is 2.23. The number of nitrogens with zero attached hydrogens (tertiary/aromatic N) is 6. The Morgan fingerprint density at radius 3 is 2.40 bits per heavy atom. The zero-order chi connectivity index (χ0) is 17.6. The summed E-state index contributed by atoms with van der Waals surface area (Å²) in [6, 6.07) is 10.4. The molecule has 3 aromatic heterocycles. The summed E-state index contributed by atoms with van der Waals surface area (Å²) < 4.78 is 4.20. The van der Waals surface area contributed by atoms with Gasteiger partial charge in [0.1, 0.15) is 11.5 Å². The molecule has 25 heavy (non-hydrogen) atoms. The Balaban J connectivity index is 1.88. The molecule has 0 saturated heterocycles. The van der Waals surface area contributed by atoms with Crippen LogP contribution in [0.5, 0.6) is 0 Å². The summed E-state index contributed by atoms with van der Waals surface area (Å²) in [5.74, 6) is 1.72. The smallest absolute Gasteiger partial charge is 0.182 e. The second-order valence-corrected chi connectivity index (χ2v) is 6.33. The lowest BCUT2D eigenvalue weighted by Gasteiger charge is -2.11. The van der Waals surface area contributed by atoms with Crippen LogP contribution >= 0.6 is 0 Å². The van der Waals surface area contributed by atoms with Gasteiger partial charge in [-0.1, -0.05) is 30.3 Å². The topological polar surface area (TPSA) is 60.9 Å². The van der Waals surface area contributed by atoms with Gasteiger partial charge in [-0.15, -0.1) is 10.2 Å². The Bertz CT molecular complexity index is 1060. The second kappa shape index (κ2) is 5.81. The van der Waals surface area contributed by atoms with Crippen molar-refractivity contribution in [2.45, 2.75) is 34.2 Å². The lowest BCUT2D eigenvalue weighted by atomic mass is 10.2. The lowest BCUT2D eigenvalue weighted by Crippen LogP contribution is -2.06. The molecule has 0 saturated carbocycles. The monoisotopic (exact) mass is 332 g/mol. The summed E-state index contributed by atoms with van der Waals surface area (Å²) in [4.78, 5) is 9.52. The first-order valence-electron chi connectivity index (χ1n) is 8.31. The van der Waals surface area contributed by atoms with E-state index >= 15 is 0 Å². The van der Waals surface area contributed by atoms with Gasteiger partial charge in [-0.05, 0) is 33.3 Å². The van der Waals surface area contributed by atoms with E-state index in [0.29, 0.717) is 0 Å². The largest absolute Gasteiger partial charge is 0.322 e. The highest BCUT2D eigenvalue weighted by Gasteiger charge is 2.17. The van der Waals surface area contributed by atoms with Crippen molar-refractivity contribution in [2.24, 2.45) is 0 Å². The molecular formula is C19H20N6. The average molecular weight is 332 g/mol. The minimum Gasteiger partial charge on any atom is -0.322 e. The number of imidazole rings is 1. The van der Waals surface area contributed by atoms with Crippen molar-refractivity contribution in [1.29, 1.82) is 0 Å². The van der Waals surface area contributed by atoms with Crippen molar-refractivity contribution >= 4 is 5.65 Å². The van der Waals surface area contributed by atoms with Gasteiger partial charge in [-0.25, -0.2) is 9.97 Å². The van der Waals surface area contributed by atoms with Gasteiger partial charge in [0.15, 0.2) is 11.5 Å². The maximum Gasteiger partial charge on any atom is 0.182 e. The normalized spacial score (nSPS) is 11.4. The van der Waals surface area contributed by atoms with E-state index in [4.69, 9.17) is 9.97 Å². The Morgan fingerprint density at radius 1 is 0.880 bits per heavy atom. The van der Waals surface area contributed by atoms with Gasteiger partial charge in [0.2, 0.25) is 0 Å². The van der Waals surface area contributed by atoms with Crippen LogP contribution in [0.1, 0.15) is 28.5 Å². The van der Waals surface area contributed by atoms with Crippen molar-refractivity contribution in [3.8, 4) is 11.5 Å². The molecular weight excluding hydrogens is 312 g/mol. The lowest BCUT2D eigenvalue weighted by molar-refractivity contribution is 0.773. The SMILES string of the molecule is Cc1nc(-c2cn3c(C)nnc3c(C)n2)n(Cc2ccccc2)c1C. The zero-order valence-corrected chi connectivity index (χ0v) is 14.9. The molecule has 6 heteroatoms. The van der Waals surface area contributed by atoms with Crippen molar-refractivity contribution in [1.82, 2.24) is 29.1 Å². The highest BCUT2D eigenvalue weighted by atomic mass is 15.3. The molecule has 0 aliphatic heterocycles. The van der Waals surface area contributed by atoms with Crippen LogP contribution in [0.25, 0.3) is 17.2 Å². The van der Waals surface area contributed by atoms with Crippen LogP contribution in [0.15, 0.2) is 36.5 Å². The number of hydrogen-bond acceptors (Lipinski definition) is 4. The fourth-order valence-electron chi connectivity index (χ4n) is 3.07. The molecule has 0 spiro atoms. The fourth-order valence-corrected chi connectivity index (χ4v) is 3.07. The fraction of sp³-hybridized carbons (Fsp3) is 0.263. The number of aryl methyl sites for hydroxylation is 3. The average Bonchev–Trinajstić information content (AvgIpc) is 3.11. The first-order chi connectivity index (χ1) is 12.0. The molecule has 0 fully saturated rings. The minimum absolute atomic E-state index is 0.767. The molecule has 0 unspecified atom stereocenters. The molecule has 0 atom stereocenters. The van der Waals surface area contributed by atoms with Gasteiger partial charge >= 0.3 is 0 Å². The Morgan fingerprint density at radius 2 is 1.64 bits per heavy atom. The third kappa shape index (κ3) is 2.59. The molecule has 0 aliphatic rings. The van der Waals surface area contributed by atoms with Crippen molar-refractivity contribution in [3.63, 3.8) is 0 Å². The first kappa shape index (κ1) is 15.5. The summed E-state index contributed by atoms with van der Waals surface area (Å²) in [5.41, 5.74) is 5.88. The molecule has 0 amide bonds. The van der Waals surface area contributed by atoms with Crippen molar-refractivity contribution < 1.29 is 0 Å². The van der Waals surface area contributed by atoms with Crippen LogP contribution in [-0.4, -0.2) is 29.1 Å². The maximum atomic E-state index is 4.78. The first-order valence-corrected chi connectivity index (χ1v) is 8.31. The minimum atomic E-state index is 0.767. The molecule has 0 N–H and O–H groups in total. The van der Waals surface area contributed by atoms with Gasteiger partial charge in [0.25, 0.3) is 0 Å². The standard InChI is InChI=1S/C19H20N6/c1-12-14(3)24(10-16-8-6-5-7-9-16)19(21-12)17-11-25-15(4)22-23-18(25)13(2)20-17/h5-9,11H,10H2,1-4H3. The van der Waals surface area contributed by atoms with E-state index in [1.807, 2.05) is 37.4 Å². The quantitative estimate of drug-likeness (QED) is 0.578. The van der Waals surface area contributed by atoms with Crippen LogP contribution in [0.3, 0.4) is 0 Å². The number of rotatable bonds is 3. The van der Waals surface area contributed by atoms with Gasteiger partial charge in [-0.2, -0.15) is 0 Å². The maximum absolute atomic E-state index is 4.78. The Kier molecular flexibility index (Phi) is 3.60. The van der Waals surface area contributed by atoms with Crippen molar-refractivity contribution in [3.05, 3.63) is 65.0 Å². The molecule has 4 rings (SSSR count). The Labute approximate surface area is 146 Å². The third-order valence-electron chi connectivity index (χ3n) is 4.60. The van der Waals surface area contributed by atoms with Gasteiger partial charge < -0.3 is 4.57 Å². The van der Waals surface area contributed by atoms with E-state index in [2.05, 4.69) is 46.0 Å². The third-order valence-corrected chi connectivity index (χ3v) is 4.60. The van der Waals surface area contributed by atoms with E-state index in [9.17, 15) is 0 Å². The number of aromatic nitrogens is 6. The molecule has 3 heterocycles. The van der Waals surface area contributed by atoms with E-state index in [1.165, 1.54) is 5.56 Å². The van der Waals surface area contributed by atoms with E-state index in [1.54, 1.807) is 0 Å². The summed E-state index contributed by atoms with van der Waals surface area (Å²) in [7, 11) is 0. The van der Waals surface area contributed by atoms with Crippen LogP contribution in [-0.2, 0) is 6.54 Å². The molecule has 4 aromatic rings. The molecule has 0 bridgehead atoms. The number of hydrogen-bond donors (Lipinski definition) is 0. The molecule has 1 aromatic carbocycles. The van der Waals surface area contributed by atoms with Crippen LogP contribution in [0, 0.1) is 27.7 Å². The summed E-state index contributed by atoms with van der Waals surface area (Å²) in [6.07, 6.45) is 1.97. The van der Waals surface area contributed by atoms with Gasteiger partial charge in [-0.3, -0.25) is 4.40 Å². The number of benzene rings is 1. The summed E-state index contributed by atoms with van der Waals surface area (Å²) in [5, 5.41) is 8.34. The summed E-state index contributed by atoms with van der Waals surface area (Å²) in [6.45, 7) is 8.80. The van der Waals surface area contributed by atoms with Crippen molar-refractivity contribution in [2.75, 3.05) is 0 Å². The zero-order valence-electron chi connectivity index (χ0n) is 14.9.